The van der Waals surface area contributed by atoms with Crippen molar-refractivity contribution in [3.05, 3.63) is 29.3 Å². The monoisotopic (exact) mass is 349 g/mol. The molecule has 0 aromatic carbocycles. The highest BCUT2D eigenvalue weighted by atomic mass is 32.1. The number of likely N-dealkylation sites (tertiary alicyclic amines) is 1. The fraction of sp³-hybridized carbons (Fsp3) is 0.438. The minimum absolute atomic E-state index is 0.0115. The van der Waals surface area contributed by atoms with E-state index in [2.05, 4.69) is 5.16 Å². The van der Waals surface area contributed by atoms with Crippen LogP contribution in [0.1, 0.15) is 18.5 Å². The van der Waals surface area contributed by atoms with Gasteiger partial charge in [-0.3, -0.25) is 9.59 Å². The second-order valence-electron chi connectivity index (χ2n) is 5.71. The lowest BCUT2D eigenvalue weighted by atomic mass is 9.96. The minimum atomic E-state index is -0.286. The van der Waals surface area contributed by atoms with Crippen LogP contribution in [0.3, 0.4) is 0 Å². The molecule has 24 heavy (non-hydrogen) atoms. The maximum absolute atomic E-state index is 12.1. The van der Waals surface area contributed by atoms with Gasteiger partial charge in [0.2, 0.25) is 11.8 Å². The SMILES string of the molecule is NC(=O)C1CCN(C(=O)COCc2cc(-c3cccs3)on2)CC1. The fourth-order valence-electron chi connectivity index (χ4n) is 2.66. The van der Waals surface area contributed by atoms with E-state index in [4.69, 9.17) is 15.0 Å². The Morgan fingerprint density at radius 2 is 2.21 bits per heavy atom. The average molecular weight is 349 g/mol. The number of primary amides is 1. The molecular weight excluding hydrogens is 330 g/mol. The third-order valence-electron chi connectivity index (χ3n) is 4.05. The summed E-state index contributed by atoms with van der Waals surface area (Å²) in [4.78, 5) is 25.9. The van der Waals surface area contributed by atoms with Crippen LogP contribution in [0.5, 0.6) is 0 Å². The molecule has 2 aromatic rings. The van der Waals surface area contributed by atoms with Gasteiger partial charge in [-0.05, 0) is 24.3 Å². The molecule has 2 amide bonds. The summed E-state index contributed by atoms with van der Waals surface area (Å²) >= 11 is 1.57. The van der Waals surface area contributed by atoms with Crippen molar-refractivity contribution in [2.45, 2.75) is 19.4 Å². The molecule has 0 saturated carbocycles. The topological polar surface area (TPSA) is 98.7 Å². The van der Waals surface area contributed by atoms with Gasteiger partial charge in [-0.2, -0.15) is 0 Å². The van der Waals surface area contributed by atoms with Crippen LogP contribution in [0.15, 0.2) is 28.1 Å². The van der Waals surface area contributed by atoms with Crippen molar-refractivity contribution in [3.63, 3.8) is 0 Å². The molecule has 0 spiro atoms. The van der Waals surface area contributed by atoms with Crippen molar-refractivity contribution >= 4 is 23.2 Å². The molecule has 2 N–H and O–H groups in total. The van der Waals surface area contributed by atoms with Crippen LogP contribution >= 0.6 is 11.3 Å². The zero-order valence-corrected chi connectivity index (χ0v) is 14.0. The second kappa shape index (κ2) is 7.59. The van der Waals surface area contributed by atoms with Gasteiger partial charge in [0.25, 0.3) is 0 Å². The van der Waals surface area contributed by atoms with Gasteiger partial charge in [-0.15, -0.1) is 11.3 Å². The molecule has 3 heterocycles. The molecule has 3 rings (SSSR count). The van der Waals surface area contributed by atoms with Gasteiger partial charge in [-0.1, -0.05) is 11.2 Å². The molecule has 0 unspecified atom stereocenters. The predicted molar refractivity (Wildman–Crippen MR) is 88.0 cm³/mol. The molecule has 0 bridgehead atoms. The zero-order chi connectivity index (χ0) is 16.9. The Kier molecular flexibility index (Phi) is 5.27. The summed E-state index contributed by atoms with van der Waals surface area (Å²) in [6.07, 6.45) is 1.24. The number of carbonyl (C=O) groups is 2. The van der Waals surface area contributed by atoms with Gasteiger partial charge in [0.05, 0.1) is 11.5 Å². The van der Waals surface area contributed by atoms with E-state index in [1.54, 1.807) is 16.2 Å². The minimum Gasteiger partial charge on any atom is -0.369 e. The van der Waals surface area contributed by atoms with Crippen molar-refractivity contribution in [1.29, 1.82) is 0 Å². The summed E-state index contributed by atoms with van der Waals surface area (Å²) in [6.45, 7) is 1.30. The van der Waals surface area contributed by atoms with E-state index in [0.29, 0.717) is 37.4 Å². The van der Waals surface area contributed by atoms with Crippen molar-refractivity contribution in [1.82, 2.24) is 10.1 Å². The first kappa shape index (κ1) is 16.7. The zero-order valence-electron chi connectivity index (χ0n) is 13.1. The third kappa shape index (κ3) is 4.01. The number of rotatable bonds is 6. The number of piperidine rings is 1. The van der Waals surface area contributed by atoms with Crippen LogP contribution in [0.25, 0.3) is 10.6 Å². The first-order chi connectivity index (χ1) is 11.6. The number of amides is 2. The molecule has 128 valence electrons. The quantitative estimate of drug-likeness (QED) is 0.855. The van der Waals surface area contributed by atoms with Crippen molar-refractivity contribution in [3.8, 4) is 10.6 Å². The van der Waals surface area contributed by atoms with Gasteiger partial charge in [0.1, 0.15) is 12.3 Å². The Labute approximate surface area is 143 Å². The van der Waals surface area contributed by atoms with Crippen LogP contribution in [-0.2, 0) is 20.9 Å². The molecule has 1 saturated heterocycles. The Bertz CT molecular complexity index is 690. The molecule has 2 aromatic heterocycles. The highest BCUT2D eigenvalue weighted by molar-refractivity contribution is 7.13. The van der Waals surface area contributed by atoms with E-state index in [9.17, 15) is 9.59 Å². The van der Waals surface area contributed by atoms with E-state index in [-0.39, 0.29) is 30.9 Å². The molecule has 7 nitrogen and oxygen atoms in total. The van der Waals surface area contributed by atoms with Crippen LogP contribution in [0.2, 0.25) is 0 Å². The second-order valence-corrected chi connectivity index (χ2v) is 6.66. The number of carbonyl (C=O) groups excluding carboxylic acids is 2. The average Bonchev–Trinajstić information content (AvgIpc) is 3.26. The van der Waals surface area contributed by atoms with Gasteiger partial charge >= 0.3 is 0 Å². The normalized spacial score (nSPS) is 15.6. The largest absolute Gasteiger partial charge is 0.369 e. The number of ether oxygens (including phenoxy) is 1. The van der Waals surface area contributed by atoms with Crippen LogP contribution < -0.4 is 5.73 Å². The summed E-state index contributed by atoms with van der Waals surface area (Å²) in [5.41, 5.74) is 5.94. The third-order valence-corrected chi connectivity index (χ3v) is 4.93. The smallest absolute Gasteiger partial charge is 0.248 e. The maximum Gasteiger partial charge on any atom is 0.248 e. The van der Waals surface area contributed by atoms with E-state index >= 15 is 0 Å². The lowest BCUT2D eigenvalue weighted by Gasteiger charge is -2.30. The van der Waals surface area contributed by atoms with Crippen LogP contribution in [0, 0.1) is 5.92 Å². The summed E-state index contributed by atoms with van der Waals surface area (Å²) < 4.78 is 10.7. The molecule has 0 radical (unpaired) electrons. The summed E-state index contributed by atoms with van der Waals surface area (Å²) in [6, 6.07) is 5.71. The van der Waals surface area contributed by atoms with E-state index in [1.807, 2.05) is 23.6 Å². The van der Waals surface area contributed by atoms with Crippen LogP contribution in [0.4, 0.5) is 0 Å². The number of aromatic nitrogens is 1. The predicted octanol–water partition coefficient (Wildman–Crippen LogP) is 1.64. The molecule has 1 aliphatic rings. The Morgan fingerprint density at radius 1 is 1.42 bits per heavy atom. The lowest BCUT2D eigenvalue weighted by Crippen LogP contribution is -2.43. The summed E-state index contributed by atoms with van der Waals surface area (Å²) in [5.74, 6) is 0.204. The lowest BCUT2D eigenvalue weighted by molar-refractivity contribution is -0.139. The fourth-order valence-corrected chi connectivity index (χ4v) is 3.34. The first-order valence-corrected chi connectivity index (χ1v) is 8.66. The van der Waals surface area contributed by atoms with Gasteiger partial charge < -0.3 is 19.9 Å². The molecule has 1 aliphatic heterocycles. The van der Waals surface area contributed by atoms with E-state index in [1.165, 1.54) is 0 Å². The number of nitrogens with two attached hydrogens (primary N) is 1. The Balaban J connectivity index is 1.42. The van der Waals surface area contributed by atoms with Gasteiger partial charge in [0, 0.05) is 25.1 Å². The standard InChI is InChI=1S/C16H19N3O4S/c17-16(21)11-3-5-19(6-4-11)15(20)10-22-9-12-8-13(23-18-12)14-2-1-7-24-14/h1-2,7-8,11H,3-6,9-10H2,(H2,17,21). The van der Waals surface area contributed by atoms with Crippen molar-refractivity contribution in [2.75, 3.05) is 19.7 Å². The van der Waals surface area contributed by atoms with Crippen LogP contribution in [-0.4, -0.2) is 41.6 Å². The van der Waals surface area contributed by atoms with E-state index < -0.39 is 0 Å². The number of nitrogens with zero attached hydrogens (tertiary/aromatic N) is 2. The number of hydrogen-bond donors (Lipinski definition) is 1. The summed E-state index contributed by atoms with van der Waals surface area (Å²) in [7, 11) is 0. The molecule has 1 fully saturated rings. The Morgan fingerprint density at radius 3 is 2.88 bits per heavy atom. The highest BCUT2D eigenvalue weighted by Gasteiger charge is 2.25. The molecular formula is C16H19N3O4S. The van der Waals surface area contributed by atoms with Crippen molar-refractivity contribution in [2.24, 2.45) is 11.7 Å². The summed E-state index contributed by atoms with van der Waals surface area (Å²) in [5, 5.41) is 5.91. The van der Waals surface area contributed by atoms with Gasteiger partial charge in [-0.25, -0.2) is 0 Å². The molecule has 0 atom stereocenters. The Hall–Kier alpha value is -2.19. The highest BCUT2D eigenvalue weighted by Crippen LogP contribution is 2.25. The van der Waals surface area contributed by atoms with Gasteiger partial charge in [0.15, 0.2) is 5.76 Å². The number of thiophene rings is 1. The molecule has 8 heteroatoms. The molecule has 0 aliphatic carbocycles. The van der Waals surface area contributed by atoms with E-state index in [0.717, 1.165) is 4.88 Å². The van der Waals surface area contributed by atoms with Crippen molar-refractivity contribution < 1.29 is 18.8 Å². The number of hydrogen-bond acceptors (Lipinski definition) is 6. The maximum atomic E-state index is 12.1. The first-order valence-electron chi connectivity index (χ1n) is 7.78.